The minimum absolute atomic E-state index is 0.0652. The van der Waals surface area contributed by atoms with E-state index in [4.69, 9.17) is 9.29 Å². The van der Waals surface area contributed by atoms with Gasteiger partial charge in [0.1, 0.15) is 0 Å². The second kappa shape index (κ2) is 5.93. The van der Waals surface area contributed by atoms with E-state index < -0.39 is 28.2 Å². The Labute approximate surface area is 127 Å². The average molecular weight is 329 g/mol. The van der Waals surface area contributed by atoms with Gasteiger partial charge in [0, 0.05) is 6.54 Å². The van der Waals surface area contributed by atoms with Gasteiger partial charge in [0.25, 0.3) is 10.1 Å². The smallest absolute Gasteiger partial charge is 0.408 e. The molecule has 1 aliphatic heterocycles. The molecule has 1 aliphatic rings. The Morgan fingerprint density at radius 1 is 1.36 bits per heavy atom. The third kappa shape index (κ3) is 3.55. The molecule has 0 saturated heterocycles. The van der Waals surface area contributed by atoms with Crippen LogP contribution in [-0.2, 0) is 32.1 Å². The Morgan fingerprint density at radius 3 is 2.59 bits per heavy atom. The second-order valence-corrected chi connectivity index (χ2v) is 6.61. The van der Waals surface area contributed by atoms with Gasteiger partial charge in [-0.15, -0.1) is 0 Å². The summed E-state index contributed by atoms with van der Waals surface area (Å²) in [5, 5.41) is 18.4. The SMILES string of the molecule is CS(=O)(=O)OCc1ccc2c(c1)CCN(C(=O)O)C2C(=O)O. The van der Waals surface area contributed by atoms with E-state index in [1.54, 1.807) is 6.07 Å². The first kappa shape index (κ1) is 16.2. The molecule has 1 amide bonds. The third-order valence-corrected chi connectivity index (χ3v) is 3.90. The number of carbonyl (C=O) groups is 2. The summed E-state index contributed by atoms with van der Waals surface area (Å²) in [6, 6.07) is 3.43. The fourth-order valence-corrected chi connectivity index (χ4v) is 2.77. The molecule has 0 bridgehead atoms. The highest BCUT2D eigenvalue weighted by Crippen LogP contribution is 2.31. The summed E-state index contributed by atoms with van der Waals surface area (Å²) < 4.78 is 26.7. The minimum Gasteiger partial charge on any atom is -0.479 e. The number of carboxylic acids is 1. The molecule has 2 rings (SSSR count). The fraction of sp³-hybridized carbons (Fsp3) is 0.385. The lowest BCUT2D eigenvalue weighted by atomic mass is 9.91. The van der Waals surface area contributed by atoms with Gasteiger partial charge in [-0.3, -0.25) is 9.08 Å². The molecule has 8 nitrogen and oxygen atoms in total. The summed E-state index contributed by atoms with van der Waals surface area (Å²) in [5.41, 5.74) is 1.65. The van der Waals surface area contributed by atoms with Crippen LogP contribution in [0.1, 0.15) is 22.7 Å². The number of rotatable bonds is 4. The van der Waals surface area contributed by atoms with E-state index >= 15 is 0 Å². The molecule has 9 heteroatoms. The van der Waals surface area contributed by atoms with Crippen LogP contribution in [0.2, 0.25) is 0 Å². The molecule has 1 atom stereocenters. The highest BCUT2D eigenvalue weighted by molar-refractivity contribution is 7.85. The van der Waals surface area contributed by atoms with Crippen molar-refractivity contribution in [2.45, 2.75) is 19.1 Å². The number of nitrogens with zero attached hydrogens (tertiary/aromatic N) is 1. The Balaban J connectivity index is 2.31. The zero-order valence-corrected chi connectivity index (χ0v) is 12.5. The van der Waals surface area contributed by atoms with E-state index in [-0.39, 0.29) is 13.2 Å². The summed E-state index contributed by atoms with van der Waals surface area (Å²) in [5.74, 6) is -1.25. The minimum atomic E-state index is -3.57. The van der Waals surface area contributed by atoms with Crippen molar-refractivity contribution in [3.63, 3.8) is 0 Å². The Bertz CT molecular complexity index is 713. The van der Waals surface area contributed by atoms with Crippen molar-refractivity contribution in [3.8, 4) is 0 Å². The summed E-state index contributed by atoms with van der Waals surface area (Å²) in [6.07, 6.45) is 0.0110. The van der Waals surface area contributed by atoms with Crippen LogP contribution in [0.25, 0.3) is 0 Å². The molecule has 0 spiro atoms. The monoisotopic (exact) mass is 329 g/mol. The highest BCUT2D eigenvalue weighted by atomic mass is 32.2. The van der Waals surface area contributed by atoms with Gasteiger partial charge in [-0.2, -0.15) is 8.42 Å². The van der Waals surface area contributed by atoms with E-state index in [1.807, 2.05) is 0 Å². The first-order chi connectivity index (χ1) is 10.2. The predicted octanol–water partition coefficient (Wildman–Crippen LogP) is 0.825. The zero-order valence-electron chi connectivity index (χ0n) is 11.7. The number of carboxylic acid groups (broad SMARTS) is 2. The number of amides is 1. The summed E-state index contributed by atoms with van der Waals surface area (Å²) in [4.78, 5) is 23.4. The summed E-state index contributed by atoms with van der Waals surface area (Å²) >= 11 is 0. The van der Waals surface area contributed by atoms with Gasteiger partial charge in [0.15, 0.2) is 6.04 Å². The second-order valence-electron chi connectivity index (χ2n) is 4.97. The van der Waals surface area contributed by atoms with Crippen molar-refractivity contribution in [1.29, 1.82) is 0 Å². The van der Waals surface area contributed by atoms with Crippen LogP contribution in [0.3, 0.4) is 0 Å². The van der Waals surface area contributed by atoms with Crippen molar-refractivity contribution in [1.82, 2.24) is 4.90 Å². The van der Waals surface area contributed by atoms with Crippen molar-refractivity contribution < 1.29 is 32.4 Å². The van der Waals surface area contributed by atoms with E-state index in [0.29, 0.717) is 23.1 Å². The van der Waals surface area contributed by atoms with Gasteiger partial charge < -0.3 is 10.2 Å². The van der Waals surface area contributed by atoms with Crippen LogP contribution in [0.5, 0.6) is 0 Å². The Kier molecular flexibility index (Phi) is 4.38. The Hall–Kier alpha value is -2.13. The maximum absolute atomic E-state index is 11.4. The van der Waals surface area contributed by atoms with E-state index in [2.05, 4.69) is 0 Å². The van der Waals surface area contributed by atoms with Gasteiger partial charge >= 0.3 is 12.1 Å². The maximum Gasteiger partial charge on any atom is 0.408 e. The topological polar surface area (TPSA) is 121 Å². The lowest BCUT2D eigenvalue weighted by Gasteiger charge is -2.32. The standard InChI is InChI=1S/C13H15NO7S/c1-22(19,20)21-7-8-2-3-10-9(6-8)4-5-14(13(17)18)11(10)12(15)16/h2-3,6,11H,4-5,7H2,1H3,(H,15,16)(H,17,18). The maximum atomic E-state index is 11.4. The van der Waals surface area contributed by atoms with Gasteiger partial charge in [-0.05, 0) is 23.1 Å². The van der Waals surface area contributed by atoms with Crippen LogP contribution in [0.15, 0.2) is 18.2 Å². The summed E-state index contributed by atoms with van der Waals surface area (Å²) in [7, 11) is -3.57. The largest absolute Gasteiger partial charge is 0.479 e. The van der Waals surface area contributed by atoms with Crippen molar-refractivity contribution in [2.24, 2.45) is 0 Å². The van der Waals surface area contributed by atoms with Crippen LogP contribution < -0.4 is 0 Å². The number of aliphatic carboxylic acids is 1. The summed E-state index contributed by atoms with van der Waals surface area (Å²) in [6.45, 7) is -0.0812. The normalized spacial score (nSPS) is 17.9. The molecule has 1 heterocycles. The molecule has 0 saturated carbocycles. The van der Waals surface area contributed by atoms with Crippen LogP contribution in [0, 0.1) is 0 Å². The Morgan fingerprint density at radius 2 is 2.05 bits per heavy atom. The molecule has 1 aromatic rings. The molecule has 2 N–H and O–H groups in total. The molecule has 0 radical (unpaired) electrons. The van der Waals surface area contributed by atoms with Crippen LogP contribution >= 0.6 is 0 Å². The van der Waals surface area contributed by atoms with Crippen molar-refractivity contribution >= 4 is 22.2 Å². The molecule has 0 aliphatic carbocycles. The van der Waals surface area contributed by atoms with E-state index in [9.17, 15) is 23.1 Å². The van der Waals surface area contributed by atoms with Crippen LogP contribution in [0.4, 0.5) is 4.79 Å². The molecule has 0 fully saturated rings. The first-order valence-corrected chi connectivity index (χ1v) is 8.19. The van der Waals surface area contributed by atoms with Crippen molar-refractivity contribution in [2.75, 3.05) is 12.8 Å². The molecule has 1 unspecified atom stereocenters. The fourth-order valence-electron chi connectivity index (χ4n) is 2.42. The molecule has 22 heavy (non-hydrogen) atoms. The number of fused-ring (bicyclic) bond motifs is 1. The lowest BCUT2D eigenvalue weighted by Crippen LogP contribution is -2.42. The highest BCUT2D eigenvalue weighted by Gasteiger charge is 2.35. The first-order valence-electron chi connectivity index (χ1n) is 6.37. The van der Waals surface area contributed by atoms with E-state index in [0.717, 1.165) is 11.2 Å². The van der Waals surface area contributed by atoms with Crippen LogP contribution in [-0.4, -0.2) is 48.4 Å². The van der Waals surface area contributed by atoms with Gasteiger partial charge in [0.2, 0.25) is 0 Å². The molecular formula is C13H15NO7S. The molecule has 1 aromatic carbocycles. The predicted molar refractivity (Wildman–Crippen MR) is 74.9 cm³/mol. The number of hydrogen-bond donors (Lipinski definition) is 2. The molecule has 0 aromatic heterocycles. The van der Waals surface area contributed by atoms with Gasteiger partial charge in [-0.25, -0.2) is 9.59 Å². The van der Waals surface area contributed by atoms with Crippen molar-refractivity contribution in [3.05, 3.63) is 34.9 Å². The van der Waals surface area contributed by atoms with E-state index in [1.165, 1.54) is 12.1 Å². The number of hydrogen-bond acceptors (Lipinski definition) is 5. The number of benzene rings is 1. The van der Waals surface area contributed by atoms with Gasteiger partial charge in [0.05, 0.1) is 12.9 Å². The average Bonchev–Trinajstić information content (AvgIpc) is 2.42. The molecular weight excluding hydrogens is 314 g/mol. The lowest BCUT2D eigenvalue weighted by molar-refractivity contribution is -0.143. The third-order valence-electron chi connectivity index (χ3n) is 3.35. The van der Waals surface area contributed by atoms with Gasteiger partial charge in [-0.1, -0.05) is 18.2 Å². The molecule has 120 valence electrons. The zero-order chi connectivity index (χ0) is 16.5. The quantitative estimate of drug-likeness (QED) is 0.784.